The Labute approximate surface area is 168 Å². The maximum absolute atomic E-state index is 13.9. The Morgan fingerprint density at radius 1 is 1.24 bits per heavy atom. The van der Waals surface area contributed by atoms with Crippen LogP contribution in [0, 0.1) is 11.6 Å². The number of hydrogen-bond acceptors (Lipinski definition) is 7. The molecule has 0 atom stereocenters. The van der Waals surface area contributed by atoms with Gasteiger partial charge < -0.3 is 15.2 Å². The molecular formula is C19H16F2N4O3S. The number of amides is 1. The van der Waals surface area contributed by atoms with Crippen molar-refractivity contribution in [3.8, 4) is 16.5 Å². The fourth-order valence-corrected chi connectivity index (χ4v) is 3.92. The summed E-state index contributed by atoms with van der Waals surface area (Å²) in [5.74, 6) is -3.44. The van der Waals surface area contributed by atoms with Gasteiger partial charge in [0.2, 0.25) is 11.7 Å². The minimum atomic E-state index is -1.33. The summed E-state index contributed by atoms with van der Waals surface area (Å²) in [6.45, 7) is 0. The first-order chi connectivity index (χ1) is 14.0. The molecule has 2 heterocycles. The highest BCUT2D eigenvalue weighted by Crippen LogP contribution is 2.34. The molecule has 0 radical (unpaired) electrons. The van der Waals surface area contributed by atoms with Crippen molar-refractivity contribution in [2.45, 2.75) is 31.5 Å². The number of hydrogen-bond donors (Lipinski definition) is 2. The molecule has 0 spiro atoms. The Hall–Kier alpha value is -2.98. The largest absolute Gasteiger partial charge is 0.444 e. The van der Waals surface area contributed by atoms with Crippen LogP contribution in [0.3, 0.4) is 0 Å². The van der Waals surface area contributed by atoms with Crippen LogP contribution in [0.1, 0.15) is 36.2 Å². The molecule has 0 unspecified atom stereocenters. The minimum absolute atomic E-state index is 0.0259. The van der Waals surface area contributed by atoms with Crippen LogP contribution >= 0.6 is 11.3 Å². The molecule has 29 heavy (non-hydrogen) atoms. The molecule has 7 nitrogen and oxygen atoms in total. The van der Waals surface area contributed by atoms with Gasteiger partial charge in [-0.1, -0.05) is 6.07 Å². The quantitative estimate of drug-likeness (QED) is 0.612. The number of benzene rings is 1. The summed E-state index contributed by atoms with van der Waals surface area (Å²) in [5, 5.41) is 14.4. The molecule has 0 bridgehead atoms. The van der Waals surface area contributed by atoms with Crippen LogP contribution in [0.5, 0.6) is 5.88 Å². The number of ether oxygens (including phenoxy) is 1. The number of aliphatic hydroxyl groups is 1. The lowest BCUT2D eigenvalue weighted by Gasteiger charge is -2.24. The zero-order valence-corrected chi connectivity index (χ0v) is 15.9. The number of aromatic nitrogens is 3. The predicted molar refractivity (Wildman–Crippen MR) is 101 cm³/mol. The molecule has 0 aliphatic heterocycles. The van der Waals surface area contributed by atoms with Gasteiger partial charge in [0.15, 0.2) is 0 Å². The smallest absolute Gasteiger partial charge is 0.275 e. The van der Waals surface area contributed by atoms with Gasteiger partial charge in [0.1, 0.15) is 34.4 Å². The van der Waals surface area contributed by atoms with E-state index >= 15 is 0 Å². The highest BCUT2D eigenvalue weighted by atomic mass is 32.1. The van der Waals surface area contributed by atoms with Crippen molar-refractivity contribution in [2.24, 2.45) is 0 Å². The number of nitrogens with zero attached hydrogens (tertiary/aromatic N) is 3. The first-order valence-corrected chi connectivity index (χ1v) is 9.76. The summed E-state index contributed by atoms with van der Waals surface area (Å²) in [5.41, 5.74) is -0.154. The fraction of sp³-hybridized carbons (Fsp3) is 0.263. The Morgan fingerprint density at radius 3 is 2.69 bits per heavy atom. The van der Waals surface area contributed by atoms with Crippen LogP contribution in [0.2, 0.25) is 0 Å². The van der Waals surface area contributed by atoms with Crippen molar-refractivity contribution in [1.29, 1.82) is 0 Å². The average molecular weight is 418 g/mol. The molecule has 1 aliphatic rings. The molecule has 0 saturated heterocycles. The van der Waals surface area contributed by atoms with E-state index in [-0.39, 0.29) is 27.8 Å². The third-order valence-corrected chi connectivity index (χ3v) is 5.37. The SMILES string of the molecule is O=C(Nc1cncnc1OC1(O)CCCC1)c1csc(-c2c(F)cccc2F)n1. The third kappa shape index (κ3) is 4.08. The van der Waals surface area contributed by atoms with E-state index in [0.29, 0.717) is 12.8 Å². The number of halogens is 2. The normalized spacial score (nSPS) is 15.3. The molecule has 1 aromatic carbocycles. The third-order valence-electron chi connectivity index (χ3n) is 4.51. The van der Waals surface area contributed by atoms with Crippen molar-refractivity contribution in [3.63, 3.8) is 0 Å². The molecule has 1 fully saturated rings. The standard InChI is InChI=1S/C19H16F2N4O3S/c20-11-4-3-5-12(21)15(11)18-25-14(9-29-18)16(26)24-13-8-22-10-23-17(13)28-19(27)6-1-2-7-19/h3-5,8-10,27H,1-2,6-7H2,(H,24,26). The Kier molecular flexibility index (Phi) is 5.20. The molecule has 1 aliphatic carbocycles. The van der Waals surface area contributed by atoms with Gasteiger partial charge in [0.05, 0.1) is 11.8 Å². The predicted octanol–water partition coefficient (Wildman–Crippen LogP) is 3.77. The van der Waals surface area contributed by atoms with E-state index in [1.54, 1.807) is 0 Å². The summed E-state index contributed by atoms with van der Waals surface area (Å²) < 4.78 is 33.5. The average Bonchev–Trinajstić information content (AvgIpc) is 3.33. The fourth-order valence-electron chi connectivity index (χ4n) is 3.08. The Balaban J connectivity index is 1.55. The molecule has 2 N–H and O–H groups in total. The topological polar surface area (TPSA) is 97.2 Å². The molecule has 3 aromatic rings. The van der Waals surface area contributed by atoms with Gasteiger partial charge in [0, 0.05) is 18.2 Å². The van der Waals surface area contributed by atoms with E-state index in [2.05, 4.69) is 20.3 Å². The second-order valence-corrected chi connectivity index (χ2v) is 7.44. The maximum Gasteiger partial charge on any atom is 0.275 e. The van der Waals surface area contributed by atoms with E-state index in [9.17, 15) is 18.7 Å². The monoisotopic (exact) mass is 418 g/mol. The molecule has 10 heteroatoms. The van der Waals surface area contributed by atoms with Gasteiger partial charge in [-0.05, 0) is 25.0 Å². The number of rotatable bonds is 5. The molecular weight excluding hydrogens is 402 g/mol. The lowest BCUT2D eigenvalue weighted by atomic mass is 10.2. The molecule has 2 aromatic heterocycles. The highest BCUT2D eigenvalue weighted by Gasteiger charge is 2.34. The first kappa shape index (κ1) is 19.3. The highest BCUT2D eigenvalue weighted by molar-refractivity contribution is 7.13. The molecule has 1 saturated carbocycles. The summed E-state index contributed by atoms with van der Waals surface area (Å²) in [6.07, 6.45) is 5.17. The van der Waals surface area contributed by atoms with Crippen molar-refractivity contribution in [3.05, 3.63) is 53.4 Å². The zero-order chi connectivity index (χ0) is 20.4. The van der Waals surface area contributed by atoms with Gasteiger partial charge in [-0.2, -0.15) is 4.98 Å². The molecule has 4 rings (SSSR count). The van der Waals surface area contributed by atoms with E-state index in [0.717, 1.165) is 36.3 Å². The van der Waals surface area contributed by atoms with Crippen molar-refractivity contribution in [1.82, 2.24) is 15.0 Å². The van der Waals surface area contributed by atoms with Gasteiger partial charge in [-0.25, -0.2) is 18.7 Å². The van der Waals surface area contributed by atoms with Gasteiger partial charge in [-0.3, -0.25) is 4.79 Å². The number of thiazole rings is 1. The molecule has 150 valence electrons. The zero-order valence-electron chi connectivity index (χ0n) is 15.1. The molecule has 1 amide bonds. The lowest BCUT2D eigenvalue weighted by molar-refractivity contribution is -0.132. The second kappa shape index (κ2) is 7.80. The maximum atomic E-state index is 13.9. The van der Waals surface area contributed by atoms with Gasteiger partial charge in [0.25, 0.3) is 5.91 Å². The summed E-state index contributed by atoms with van der Waals surface area (Å²) >= 11 is 0.945. The minimum Gasteiger partial charge on any atom is -0.444 e. The number of carbonyl (C=O) groups excluding carboxylic acids is 1. The van der Waals surface area contributed by atoms with Gasteiger partial charge in [-0.15, -0.1) is 11.3 Å². The van der Waals surface area contributed by atoms with Crippen LogP contribution in [0.15, 0.2) is 36.1 Å². The Bertz CT molecular complexity index is 1030. The van der Waals surface area contributed by atoms with Crippen molar-refractivity contribution in [2.75, 3.05) is 5.32 Å². The lowest BCUT2D eigenvalue weighted by Crippen LogP contribution is -2.32. The van der Waals surface area contributed by atoms with Crippen LogP contribution in [-0.2, 0) is 0 Å². The number of carbonyl (C=O) groups is 1. The number of anilines is 1. The van der Waals surface area contributed by atoms with E-state index < -0.39 is 23.3 Å². The van der Waals surface area contributed by atoms with Crippen molar-refractivity contribution < 1.29 is 23.4 Å². The summed E-state index contributed by atoms with van der Waals surface area (Å²) in [7, 11) is 0. The number of nitrogens with one attached hydrogen (secondary N) is 1. The summed E-state index contributed by atoms with van der Waals surface area (Å²) in [6, 6.07) is 3.50. The van der Waals surface area contributed by atoms with Crippen LogP contribution in [-0.4, -0.2) is 31.8 Å². The van der Waals surface area contributed by atoms with Crippen LogP contribution in [0.4, 0.5) is 14.5 Å². The van der Waals surface area contributed by atoms with E-state index in [4.69, 9.17) is 4.74 Å². The first-order valence-electron chi connectivity index (χ1n) is 8.88. The summed E-state index contributed by atoms with van der Waals surface area (Å²) in [4.78, 5) is 24.5. The van der Waals surface area contributed by atoms with E-state index in [1.807, 2.05) is 0 Å². The second-order valence-electron chi connectivity index (χ2n) is 6.59. The van der Waals surface area contributed by atoms with Crippen LogP contribution in [0.25, 0.3) is 10.6 Å². The Morgan fingerprint density at radius 2 is 1.97 bits per heavy atom. The van der Waals surface area contributed by atoms with Crippen LogP contribution < -0.4 is 10.1 Å². The van der Waals surface area contributed by atoms with Crippen molar-refractivity contribution >= 4 is 22.9 Å². The van der Waals surface area contributed by atoms with E-state index in [1.165, 1.54) is 24.0 Å². The van der Waals surface area contributed by atoms with Gasteiger partial charge >= 0.3 is 0 Å².